The number of nitrogens with two attached hydrogens (primary N) is 1. The van der Waals surface area contributed by atoms with Crippen LogP contribution in [-0.2, 0) is 0 Å². The fourth-order valence-electron chi connectivity index (χ4n) is 1.17. The van der Waals surface area contributed by atoms with Crippen molar-refractivity contribution < 1.29 is 4.79 Å². The van der Waals surface area contributed by atoms with Crippen molar-refractivity contribution in [3.63, 3.8) is 0 Å². The molecule has 0 aliphatic heterocycles. The Labute approximate surface area is 99.4 Å². The number of hydrogen-bond donors (Lipinski definition) is 1. The number of halogens is 2. The summed E-state index contributed by atoms with van der Waals surface area (Å²) in [5.41, 5.74) is 6.16. The normalized spacial score (nSPS) is 12.5. The lowest BCUT2D eigenvalue weighted by atomic mass is 10.0. The molecule has 0 aliphatic rings. The van der Waals surface area contributed by atoms with Gasteiger partial charge in [0.15, 0.2) is 5.78 Å². The Morgan fingerprint density at radius 3 is 2.60 bits per heavy atom. The topological polar surface area (TPSA) is 43.1 Å². The largest absolute Gasteiger partial charge is 0.328 e. The SMILES string of the molecule is CC(N)CCC(=O)c1ccc(Cl)c(Cl)c1. The highest BCUT2D eigenvalue weighted by Gasteiger charge is 2.08. The molecule has 1 unspecified atom stereocenters. The molecule has 15 heavy (non-hydrogen) atoms. The van der Waals surface area contributed by atoms with E-state index in [4.69, 9.17) is 28.9 Å². The van der Waals surface area contributed by atoms with Crippen LogP contribution in [0.2, 0.25) is 10.0 Å². The van der Waals surface area contributed by atoms with E-state index in [1.54, 1.807) is 18.2 Å². The Balaban J connectivity index is 2.70. The molecule has 1 rings (SSSR count). The van der Waals surface area contributed by atoms with E-state index < -0.39 is 0 Å². The molecular formula is C11H13Cl2NO. The van der Waals surface area contributed by atoms with Crippen LogP contribution in [0.15, 0.2) is 18.2 Å². The highest BCUT2D eigenvalue weighted by molar-refractivity contribution is 6.42. The predicted molar refractivity (Wildman–Crippen MR) is 63.7 cm³/mol. The van der Waals surface area contributed by atoms with E-state index >= 15 is 0 Å². The Bertz CT molecular complexity index is 364. The van der Waals surface area contributed by atoms with Gasteiger partial charge in [-0.25, -0.2) is 0 Å². The van der Waals surface area contributed by atoms with E-state index in [0.717, 1.165) is 0 Å². The molecule has 0 fully saturated rings. The van der Waals surface area contributed by atoms with Gasteiger partial charge in [0.25, 0.3) is 0 Å². The average molecular weight is 246 g/mol. The monoisotopic (exact) mass is 245 g/mol. The van der Waals surface area contributed by atoms with Crippen molar-refractivity contribution in [2.75, 3.05) is 0 Å². The highest BCUT2D eigenvalue weighted by atomic mass is 35.5. The molecule has 0 aliphatic carbocycles. The number of benzene rings is 1. The number of hydrogen-bond acceptors (Lipinski definition) is 2. The van der Waals surface area contributed by atoms with Crippen molar-refractivity contribution in [2.24, 2.45) is 5.73 Å². The Hall–Kier alpha value is -0.570. The first-order valence-electron chi connectivity index (χ1n) is 4.74. The van der Waals surface area contributed by atoms with Crippen LogP contribution < -0.4 is 5.73 Å². The summed E-state index contributed by atoms with van der Waals surface area (Å²) in [5, 5.41) is 0.865. The first-order valence-corrected chi connectivity index (χ1v) is 5.50. The molecule has 0 radical (unpaired) electrons. The summed E-state index contributed by atoms with van der Waals surface area (Å²) in [7, 11) is 0. The fraction of sp³-hybridized carbons (Fsp3) is 0.364. The third-order valence-electron chi connectivity index (χ3n) is 2.07. The summed E-state index contributed by atoms with van der Waals surface area (Å²) < 4.78 is 0. The number of rotatable bonds is 4. The lowest BCUT2D eigenvalue weighted by Gasteiger charge is -2.05. The van der Waals surface area contributed by atoms with Gasteiger partial charge in [-0.15, -0.1) is 0 Å². The van der Waals surface area contributed by atoms with Crippen LogP contribution in [0, 0.1) is 0 Å². The second-order valence-electron chi connectivity index (χ2n) is 3.57. The number of carbonyl (C=O) groups is 1. The summed E-state index contributed by atoms with van der Waals surface area (Å²) in [5.74, 6) is 0.0471. The minimum atomic E-state index is 0.0386. The van der Waals surface area contributed by atoms with Gasteiger partial charge in [-0.1, -0.05) is 23.2 Å². The second-order valence-corrected chi connectivity index (χ2v) is 4.38. The zero-order valence-corrected chi connectivity index (χ0v) is 9.98. The van der Waals surface area contributed by atoms with Gasteiger partial charge in [0.05, 0.1) is 10.0 Å². The summed E-state index contributed by atoms with van der Waals surface area (Å²) >= 11 is 11.6. The van der Waals surface area contributed by atoms with Crippen LogP contribution >= 0.6 is 23.2 Å². The lowest BCUT2D eigenvalue weighted by Crippen LogP contribution is -2.16. The van der Waals surface area contributed by atoms with Crippen molar-refractivity contribution in [3.8, 4) is 0 Å². The van der Waals surface area contributed by atoms with Crippen molar-refractivity contribution in [1.29, 1.82) is 0 Å². The van der Waals surface area contributed by atoms with Gasteiger partial charge < -0.3 is 5.73 Å². The molecule has 1 aromatic carbocycles. The lowest BCUT2D eigenvalue weighted by molar-refractivity contribution is 0.0978. The number of Topliss-reactive ketones (excluding diaryl/α,β-unsaturated/α-hetero) is 1. The van der Waals surface area contributed by atoms with Crippen molar-refractivity contribution in [3.05, 3.63) is 33.8 Å². The summed E-state index contributed by atoms with van der Waals surface area (Å²) in [6.45, 7) is 1.88. The third-order valence-corrected chi connectivity index (χ3v) is 2.81. The molecule has 2 N–H and O–H groups in total. The molecule has 2 nitrogen and oxygen atoms in total. The minimum Gasteiger partial charge on any atom is -0.328 e. The molecular weight excluding hydrogens is 233 g/mol. The van der Waals surface area contributed by atoms with Crippen LogP contribution in [-0.4, -0.2) is 11.8 Å². The highest BCUT2D eigenvalue weighted by Crippen LogP contribution is 2.23. The van der Waals surface area contributed by atoms with Gasteiger partial charge in [-0.05, 0) is 31.5 Å². The zero-order chi connectivity index (χ0) is 11.4. The molecule has 4 heteroatoms. The molecule has 0 bridgehead atoms. The molecule has 0 saturated heterocycles. The number of ketones is 1. The van der Waals surface area contributed by atoms with E-state index in [0.29, 0.717) is 28.5 Å². The van der Waals surface area contributed by atoms with Crippen LogP contribution in [0.1, 0.15) is 30.1 Å². The number of carbonyl (C=O) groups excluding carboxylic acids is 1. The minimum absolute atomic E-state index is 0.0386. The van der Waals surface area contributed by atoms with E-state index in [1.807, 2.05) is 6.92 Å². The zero-order valence-electron chi connectivity index (χ0n) is 8.47. The maximum atomic E-state index is 11.7. The first kappa shape index (κ1) is 12.5. The molecule has 0 saturated carbocycles. The average Bonchev–Trinajstić information content (AvgIpc) is 2.18. The van der Waals surface area contributed by atoms with Crippen LogP contribution in [0.4, 0.5) is 0 Å². The molecule has 1 aromatic rings. The first-order chi connectivity index (χ1) is 7.00. The Kier molecular flexibility index (Phi) is 4.58. The second kappa shape index (κ2) is 5.50. The van der Waals surface area contributed by atoms with Gasteiger partial charge in [0, 0.05) is 18.0 Å². The molecule has 0 spiro atoms. The maximum absolute atomic E-state index is 11.7. The van der Waals surface area contributed by atoms with Gasteiger partial charge in [-0.3, -0.25) is 4.79 Å². The summed E-state index contributed by atoms with van der Waals surface area (Å²) in [6, 6.07) is 4.94. The third kappa shape index (κ3) is 3.82. The van der Waals surface area contributed by atoms with Gasteiger partial charge in [0.1, 0.15) is 0 Å². The molecule has 0 aromatic heterocycles. The van der Waals surface area contributed by atoms with Crippen molar-refractivity contribution in [1.82, 2.24) is 0 Å². The van der Waals surface area contributed by atoms with Crippen molar-refractivity contribution in [2.45, 2.75) is 25.8 Å². The van der Waals surface area contributed by atoms with Crippen molar-refractivity contribution >= 4 is 29.0 Å². The predicted octanol–water partition coefficient (Wildman–Crippen LogP) is 3.30. The molecule has 82 valence electrons. The van der Waals surface area contributed by atoms with E-state index in [2.05, 4.69) is 0 Å². The van der Waals surface area contributed by atoms with Crippen LogP contribution in [0.5, 0.6) is 0 Å². The van der Waals surface area contributed by atoms with Crippen LogP contribution in [0.3, 0.4) is 0 Å². The fourth-order valence-corrected chi connectivity index (χ4v) is 1.47. The summed E-state index contributed by atoms with van der Waals surface area (Å²) in [6.07, 6.45) is 1.12. The van der Waals surface area contributed by atoms with Gasteiger partial charge in [-0.2, -0.15) is 0 Å². The Morgan fingerprint density at radius 2 is 2.07 bits per heavy atom. The van der Waals surface area contributed by atoms with Crippen LogP contribution in [0.25, 0.3) is 0 Å². The molecule has 0 amide bonds. The standard InChI is InChI=1S/C11H13Cl2NO/c1-7(14)2-5-11(15)8-3-4-9(12)10(13)6-8/h3-4,6-7H,2,5,14H2,1H3. The van der Waals surface area contributed by atoms with E-state index in [-0.39, 0.29) is 11.8 Å². The quantitative estimate of drug-likeness (QED) is 0.828. The van der Waals surface area contributed by atoms with Gasteiger partial charge >= 0.3 is 0 Å². The van der Waals surface area contributed by atoms with E-state index in [9.17, 15) is 4.79 Å². The Morgan fingerprint density at radius 1 is 1.40 bits per heavy atom. The van der Waals surface area contributed by atoms with Gasteiger partial charge in [0.2, 0.25) is 0 Å². The maximum Gasteiger partial charge on any atom is 0.162 e. The molecule has 0 heterocycles. The summed E-state index contributed by atoms with van der Waals surface area (Å²) in [4.78, 5) is 11.7. The van der Waals surface area contributed by atoms with E-state index in [1.165, 1.54) is 0 Å². The smallest absolute Gasteiger partial charge is 0.162 e. The molecule has 1 atom stereocenters.